The van der Waals surface area contributed by atoms with Crippen LogP contribution in [-0.2, 0) is 6.42 Å². The molecule has 2 atom stereocenters. The predicted molar refractivity (Wildman–Crippen MR) is 81.0 cm³/mol. The minimum atomic E-state index is -0.0853. The molecular weight excluding hydrogens is 244 g/mol. The number of benzene rings is 1. The number of hydrogen-bond donors (Lipinski definition) is 0. The van der Waals surface area contributed by atoms with Gasteiger partial charge >= 0.3 is 0 Å². The highest BCUT2D eigenvalue weighted by molar-refractivity contribution is 7.27. The SMILES string of the molecule is CCC(C)CCN(C)CCc1ccc(P)cc1F. The van der Waals surface area contributed by atoms with Gasteiger partial charge in [0.2, 0.25) is 0 Å². The highest BCUT2D eigenvalue weighted by Gasteiger charge is 2.06. The highest BCUT2D eigenvalue weighted by Crippen LogP contribution is 2.10. The topological polar surface area (TPSA) is 3.24 Å². The summed E-state index contributed by atoms with van der Waals surface area (Å²) in [5.41, 5.74) is 0.816. The summed E-state index contributed by atoms with van der Waals surface area (Å²) in [6.07, 6.45) is 3.24. The van der Waals surface area contributed by atoms with Crippen molar-refractivity contribution >= 4 is 14.5 Å². The zero-order valence-corrected chi connectivity index (χ0v) is 12.9. The Kier molecular flexibility index (Phi) is 6.81. The molecule has 1 rings (SSSR count). The van der Waals surface area contributed by atoms with Gasteiger partial charge < -0.3 is 4.90 Å². The Morgan fingerprint density at radius 1 is 1.33 bits per heavy atom. The second-order valence-corrected chi connectivity index (χ2v) is 5.87. The summed E-state index contributed by atoms with van der Waals surface area (Å²) in [5, 5.41) is 0.904. The smallest absolute Gasteiger partial charge is 0.127 e. The largest absolute Gasteiger partial charge is 0.306 e. The quantitative estimate of drug-likeness (QED) is 0.687. The summed E-state index contributed by atoms with van der Waals surface area (Å²) < 4.78 is 13.6. The highest BCUT2D eigenvalue weighted by atomic mass is 31.0. The van der Waals surface area contributed by atoms with Crippen LogP contribution in [-0.4, -0.2) is 25.0 Å². The van der Waals surface area contributed by atoms with Crippen molar-refractivity contribution in [1.29, 1.82) is 0 Å². The molecular formula is C15H25FNP. The van der Waals surface area contributed by atoms with E-state index in [0.717, 1.165) is 36.3 Å². The first kappa shape index (κ1) is 15.6. The van der Waals surface area contributed by atoms with E-state index in [1.807, 2.05) is 12.1 Å². The van der Waals surface area contributed by atoms with E-state index >= 15 is 0 Å². The lowest BCUT2D eigenvalue weighted by molar-refractivity contribution is 0.305. The predicted octanol–water partition coefficient (Wildman–Crippen LogP) is 3.24. The Bertz CT molecular complexity index is 368. The maximum Gasteiger partial charge on any atom is 0.127 e. The molecule has 0 heterocycles. The zero-order chi connectivity index (χ0) is 13.5. The second-order valence-electron chi connectivity index (χ2n) is 5.21. The van der Waals surface area contributed by atoms with Crippen LogP contribution in [0.15, 0.2) is 18.2 Å². The van der Waals surface area contributed by atoms with Crippen molar-refractivity contribution in [3.05, 3.63) is 29.6 Å². The number of hydrogen-bond acceptors (Lipinski definition) is 1. The first-order chi connectivity index (χ1) is 8.52. The van der Waals surface area contributed by atoms with Gasteiger partial charge in [-0.2, -0.15) is 0 Å². The molecule has 0 bridgehead atoms. The van der Waals surface area contributed by atoms with Crippen LogP contribution in [0.4, 0.5) is 4.39 Å². The Hall–Kier alpha value is -0.460. The molecule has 3 heteroatoms. The van der Waals surface area contributed by atoms with Crippen molar-refractivity contribution in [1.82, 2.24) is 4.90 Å². The van der Waals surface area contributed by atoms with E-state index in [1.54, 1.807) is 6.07 Å². The van der Waals surface area contributed by atoms with Crippen LogP contribution in [0.2, 0.25) is 0 Å². The summed E-state index contributed by atoms with van der Waals surface area (Å²) in [5.74, 6) is 0.693. The third-order valence-electron chi connectivity index (χ3n) is 3.54. The first-order valence-corrected chi connectivity index (χ1v) is 7.33. The Labute approximate surface area is 113 Å². The van der Waals surface area contributed by atoms with Gasteiger partial charge in [-0.3, -0.25) is 0 Å². The minimum absolute atomic E-state index is 0.0853. The molecule has 0 aliphatic heterocycles. The lowest BCUT2D eigenvalue weighted by atomic mass is 10.1. The van der Waals surface area contributed by atoms with Gasteiger partial charge in [-0.25, -0.2) is 4.39 Å². The third-order valence-corrected chi connectivity index (χ3v) is 3.90. The maximum absolute atomic E-state index is 13.6. The van der Waals surface area contributed by atoms with Crippen molar-refractivity contribution < 1.29 is 4.39 Å². The van der Waals surface area contributed by atoms with Gasteiger partial charge in [0.15, 0.2) is 0 Å². The normalized spacial score (nSPS) is 13.0. The molecule has 0 radical (unpaired) electrons. The molecule has 102 valence electrons. The van der Waals surface area contributed by atoms with E-state index in [9.17, 15) is 4.39 Å². The van der Waals surface area contributed by atoms with Crippen LogP contribution in [0.1, 0.15) is 32.3 Å². The second kappa shape index (κ2) is 7.86. The van der Waals surface area contributed by atoms with Gasteiger partial charge in [0.1, 0.15) is 5.82 Å². The fourth-order valence-corrected chi connectivity index (χ4v) is 2.08. The lowest BCUT2D eigenvalue weighted by Gasteiger charge is -2.18. The summed E-state index contributed by atoms with van der Waals surface area (Å²) in [6, 6.07) is 5.42. The van der Waals surface area contributed by atoms with Crippen LogP contribution in [0, 0.1) is 11.7 Å². The number of likely N-dealkylation sites (N-methyl/N-ethyl adjacent to an activating group) is 1. The Morgan fingerprint density at radius 3 is 2.67 bits per heavy atom. The first-order valence-electron chi connectivity index (χ1n) is 6.75. The summed E-state index contributed by atoms with van der Waals surface area (Å²) in [6.45, 7) is 6.53. The Morgan fingerprint density at radius 2 is 2.06 bits per heavy atom. The van der Waals surface area contributed by atoms with Gasteiger partial charge in [0, 0.05) is 6.54 Å². The molecule has 0 aliphatic rings. The van der Waals surface area contributed by atoms with Crippen molar-refractivity contribution in [3.8, 4) is 0 Å². The van der Waals surface area contributed by atoms with Crippen molar-refractivity contribution in [2.45, 2.75) is 33.1 Å². The van der Waals surface area contributed by atoms with E-state index in [-0.39, 0.29) is 5.82 Å². The molecule has 1 aromatic rings. The third kappa shape index (κ3) is 5.46. The van der Waals surface area contributed by atoms with Crippen molar-refractivity contribution in [3.63, 3.8) is 0 Å². The van der Waals surface area contributed by atoms with Gasteiger partial charge in [-0.1, -0.05) is 32.4 Å². The summed E-state index contributed by atoms with van der Waals surface area (Å²) in [4.78, 5) is 2.29. The van der Waals surface area contributed by atoms with Crippen LogP contribution in [0.5, 0.6) is 0 Å². The molecule has 0 spiro atoms. The molecule has 0 fully saturated rings. The maximum atomic E-state index is 13.6. The lowest BCUT2D eigenvalue weighted by Crippen LogP contribution is -2.24. The van der Waals surface area contributed by atoms with E-state index in [2.05, 4.69) is 35.0 Å². The van der Waals surface area contributed by atoms with Crippen LogP contribution in [0.25, 0.3) is 0 Å². The molecule has 2 unspecified atom stereocenters. The van der Waals surface area contributed by atoms with Gasteiger partial charge in [0.05, 0.1) is 0 Å². The van der Waals surface area contributed by atoms with Crippen molar-refractivity contribution in [2.24, 2.45) is 5.92 Å². The molecule has 1 aromatic carbocycles. The van der Waals surface area contributed by atoms with E-state index in [1.165, 1.54) is 12.8 Å². The number of nitrogens with zero attached hydrogens (tertiary/aromatic N) is 1. The molecule has 1 nitrogen and oxygen atoms in total. The zero-order valence-electron chi connectivity index (χ0n) is 11.7. The summed E-state index contributed by atoms with van der Waals surface area (Å²) >= 11 is 0. The van der Waals surface area contributed by atoms with E-state index in [0.29, 0.717) is 0 Å². The fraction of sp³-hybridized carbons (Fsp3) is 0.600. The van der Waals surface area contributed by atoms with E-state index < -0.39 is 0 Å². The molecule has 0 saturated carbocycles. The average molecular weight is 269 g/mol. The number of halogens is 1. The fourth-order valence-electron chi connectivity index (χ4n) is 1.83. The van der Waals surface area contributed by atoms with Crippen molar-refractivity contribution in [2.75, 3.05) is 20.1 Å². The molecule has 0 aromatic heterocycles. The molecule has 0 saturated heterocycles. The van der Waals surface area contributed by atoms with Gasteiger partial charge in [0.25, 0.3) is 0 Å². The van der Waals surface area contributed by atoms with E-state index in [4.69, 9.17) is 0 Å². The van der Waals surface area contributed by atoms with Crippen LogP contribution >= 0.6 is 9.24 Å². The molecule has 0 N–H and O–H groups in total. The molecule has 0 amide bonds. The molecule has 0 aliphatic carbocycles. The molecule has 18 heavy (non-hydrogen) atoms. The number of rotatable bonds is 7. The van der Waals surface area contributed by atoms with Gasteiger partial charge in [-0.05, 0) is 49.3 Å². The van der Waals surface area contributed by atoms with Gasteiger partial charge in [-0.15, -0.1) is 9.24 Å². The average Bonchev–Trinajstić information content (AvgIpc) is 2.34. The summed E-state index contributed by atoms with van der Waals surface area (Å²) in [7, 11) is 4.64. The Balaban J connectivity index is 2.35. The monoisotopic (exact) mass is 269 g/mol. The minimum Gasteiger partial charge on any atom is -0.306 e. The van der Waals surface area contributed by atoms with Crippen LogP contribution < -0.4 is 5.30 Å². The van der Waals surface area contributed by atoms with Crippen LogP contribution in [0.3, 0.4) is 0 Å². The standard InChI is InChI=1S/C15H25FNP/c1-4-12(2)7-9-17(3)10-8-13-5-6-14(18)11-15(13)16/h5-6,11-12H,4,7-10,18H2,1-3H3.